The van der Waals surface area contributed by atoms with Crippen LogP contribution < -0.4 is 20.9 Å². The number of nitrogens with zero attached hydrogens (tertiary/aromatic N) is 3. The minimum Gasteiger partial charge on any atom is -0.448 e. The minimum absolute atomic E-state index is 0.0200. The van der Waals surface area contributed by atoms with E-state index in [2.05, 4.69) is 33.9 Å². The number of hydrogen-bond donors (Lipinski definition) is 3. The standard InChI is InChI=1S/C30H36N6O4S2/c1-4-8-22-11-12-24(36(3)28-15-23(17-31)34-26-10-6-5-9-25(26)28)16-27(22)35-30(39)40-19-21(2)42-41-14-7-13-33-29(38)18-32-20-37/h5-6,9-12,15-16,20-21H,4,7-8,13-14,18-19H2,1-3H3,(H,32,37)(H,33,38)(H,35,39). The third kappa shape index (κ3) is 9.85. The van der Waals surface area contributed by atoms with E-state index in [4.69, 9.17) is 4.74 Å². The van der Waals surface area contributed by atoms with E-state index in [0.717, 1.165) is 52.9 Å². The summed E-state index contributed by atoms with van der Waals surface area (Å²) in [7, 11) is 5.20. The molecule has 3 aromatic rings. The lowest BCUT2D eigenvalue weighted by Crippen LogP contribution is -2.33. The number of nitrogens with one attached hydrogen (secondary N) is 3. The lowest BCUT2D eigenvalue weighted by Gasteiger charge is -2.23. The molecule has 0 aliphatic rings. The molecule has 3 amide bonds. The first kappa shape index (κ1) is 32.6. The van der Waals surface area contributed by atoms with E-state index in [1.165, 1.54) is 0 Å². The molecule has 0 aliphatic carbocycles. The summed E-state index contributed by atoms with van der Waals surface area (Å²) in [4.78, 5) is 40.8. The van der Waals surface area contributed by atoms with E-state index >= 15 is 0 Å². The number of aromatic nitrogens is 1. The molecule has 0 saturated carbocycles. The first-order valence-corrected chi connectivity index (χ1v) is 16.1. The molecule has 1 aromatic heterocycles. The molecule has 12 heteroatoms. The minimum atomic E-state index is -0.516. The summed E-state index contributed by atoms with van der Waals surface area (Å²) in [5, 5.41) is 18.5. The summed E-state index contributed by atoms with van der Waals surface area (Å²) < 4.78 is 5.53. The molecule has 3 rings (SSSR count). The number of aryl methyl sites for hydroxylation is 1. The zero-order chi connectivity index (χ0) is 30.3. The predicted molar refractivity (Wildman–Crippen MR) is 171 cm³/mol. The lowest BCUT2D eigenvalue weighted by molar-refractivity contribution is -0.122. The Kier molecular flexibility index (Phi) is 13.3. The van der Waals surface area contributed by atoms with Crippen LogP contribution in [0.15, 0.2) is 48.5 Å². The number of para-hydroxylation sites is 1. The molecule has 2 aromatic carbocycles. The second-order valence-corrected chi connectivity index (χ2v) is 12.4. The van der Waals surface area contributed by atoms with Crippen LogP contribution in [-0.2, 0) is 20.7 Å². The van der Waals surface area contributed by atoms with Crippen LogP contribution in [0.1, 0.15) is 37.9 Å². The van der Waals surface area contributed by atoms with Crippen molar-refractivity contribution >= 4 is 68.0 Å². The van der Waals surface area contributed by atoms with Crippen LogP contribution in [0.25, 0.3) is 10.9 Å². The number of ether oxygens (including phenoxy) is 1. The zero-order valence-electron chi connectivity index (χ0n) is 24.0. The van der Waals surface area contributed by atoms with Crippen molar-refractivity contribution in [3.63, 3.8) is 0 Å². The van der Waals surface area contributed by atoms with Crippen LogP contribution in [0.5, 0.6) is 0 Å². The molecule has 0 aliphatic heterocycles. The van der Waals surface area contributed by atoms with Crippen LogP contribution in [0.2, 0.25) is 0 Å². The van der Waals surface area contributed by atoms with Gasteiger partial charge in [-0.15, -0.1) is 0 Å². The van der Waals surface area contributed by atoms with Gasteiger partial charge in [-0.1, -0.05) is 59.2 Å². The maximum absolute atomic E-state index is 12.8. The van der Waals surface area contributed by atoms with Gasteiger partial charge in [0, 0.05) is 41.4 Å². The Morgan fingerprint density at radius 3 is 2.79 bits per heavy atom. The summed E-state index contributed by atoms with van der Waals surface area (Å²) >= 11 is 0. The van der Waals surface area contributed by atoms with Crippen LogP contribution in [-0.4, -0.2) is 61.1 Å². The van der Waals surface area contributed by atoms with Crippen LogP contribution in [0, 0.1) is 11.3 Å². The van der Waals surface area contributed by atoms with Crippen molar-refractivity contribution in [2.24, 2.45) is 0 Å². The highest BCUT2D eigenvalue weighted by Gasteiger charge is 2.15. The van der Waals surface area contributed by atoms with Gasteiger partial charge in [0.25, 0.3) is 0 Å². The molecule has 10 nitrogen and oxygen atoms in total. The molecular weight excluding hydrogens is 573 g/mol. The van der Waals surface area contributed by atoms with E-state index in [0.29, 0.717) is 24.3 Å². The molecule has 0 spiro atoms. The normalized spacial score (nSPS) is 11.3. The van der Waals surface area contributed by atoms with Gasteiger partial charge >= 0.3 is 6.09 Å². The number of carbonyl (C=O) groups is 3. The average Bonchev–Trinajstić information content (AvgIpc) is 3.00. The summed E-state index contributed by atoms with van der Waals surface area (Å²) in [5.74, 6) is 0.608. The van der Waals surface area contributed by atoms with Gasteiger partial charge in [-0.25, -0.2) is 9.78 Å². The third-order valence-electron chi connectivity index (χ3n) is 6.16. The Balaban J connectivity index is 1.57. The van der Waals surface area contributed by atoms with E-state index in [9.17, 15) is 19.6 Å². The monoisotopic (exact) mass is 608 g/mol. The van der Waals surface area contributed by atoms with Crippen molar-refractivity contribution in [3.8, 4) is 6.07 Å². The second kappa shape index (κ2) is 17.1. The summed E-state index contributed by atoms with van der Waals surface area (Å²) in [5.41, 5.74) is 4.46. The van der Waals surface area contributed by atoms with Gasteiger partial charge < -0.3 is 20.3 Å². The number of pyridine rings is 1. The predicted octanol–water partition coefficient (Wildman–Crippen LogP) is 5.40. The van der Waals surface area contributed by atoms with Crippen molar-refractivity contribution in [2.75, 3.05) is 42.7 Å². The maximum atomic E-state index is 12.8. The quantitative estimate of drug-likeness (QED) is 0.111. The first-order chi connectivity index (χ1) is 20.4. The van der Waals surface area contributed by atoms with E-state index in [1.54, 1.807) is 27.7 Å². The van der Waals surface area contributed by atoms with Crippen molar-refractivity contribution in [3.05, 3.63) is 59.8 Å². The van der Waals surface area contributed by atoms with Crippen LogP contribution in [0.4, 0.5) is 21.9 Å². The summed E-state index contributed by atoms with van der Waals surface area (Å²) in [6, 6.07) is 17.5. The number of hydrogen-bond acceptors (Lipinski definition) is 9. The molecule has 1 unspecified atom stereocenters. The molecule has 0 bridgehead atoms. The average molecular weight is 609 g/mol. The fourth-order valence-electron chi connectivity index (χ4n) is 4.09. The van der Waals surface area contributed by atoms with Gasteiger partial charge in [-0.3, -0.25) is 14.9 Å². The number of nitriles is 1. The van der Waals surface area contributed by atoms with Crippen molar-refractivity contribution in [2.45, 2.75) is 38.4 Å². The Morgan fingerprint density at radius 2 is 2.02 bits per heavy atom. The number of anilines is 3. The third-order valence-corrected chi connectivity index (χ3v) is 9.11. The molecule has 0 saturated heterocycles. The Labute approximate surface area is 254 Å². The topological polar surface area (TPSA) is 136 Å². The van der Waals surface area contributed by atoms with Gasteiger partial charge in [0.05, 0.1) is 17.7 Å². The molecule has 42 heavy (non-hydrogen) atoms. The Morgan fingerprint density at radius 1 is 1.21 bits per heavy atom. The van der Waals surface area contributed by atoms with Gasteiger partial charge in [0.1, 0.15) is 18.4 Å². The number of rotatable bonds is 16. The molecule has 1 heterocycles. The number of carbonyl (C=O) groups excluding carboxylic acids is 3. The molecule has 1 atom stereocenters. The Bertz CT molecular complexity index is 1410. The highest BCUT2D eigenvalue weighted by atomic mass is 33.1. The molecule has 0 fully saturated rings. The van der Waals surface area contributed by atoms with Crippen molar-refractivity contribution in [1.82, 2.24) is 15.6 Å². The fraction of sp³-hybridized carbons (Fsp3) is 0.367. The van der Waals surface area contributed by atoms with Crippen molar-refractivity contribution < 1.29 is 19.1 Å². The lowest BCUT2D eigenvalue weighted by atomic mass is 10.1. The van der Waals surface area contributed by atoms with E-state index in [1.807, 2.05) is 61.3 Å². The Hall–Kier alpha value is -3.95. The number of fused-ring (bicyclic) bond motifs is 1. The van der Waals surface area contributed by atoms with Gasteiger partial charge in [-0.05, 0) is 49.6 Å². The zero-order valence-corrected chi connectivity index (χ0v) is 25.6. The fourth-order valence-corrected chi connectivity index (χ4v) is 6.31. The SMILES string of the molecule is CCCc1ccc(N(C)c2cc(C#N)nc3ccccc23)cc1NC(=O)OCC(C)SSCCCNC(=O)CNC=O. The second-order valence-electron chi connectivity index (χ2n) is 9.46. The summed E-state index contributed by atoms with van der Waals surface area (Å²) in [6.45, 7) is 4.84. The molecule has 0 radical (unpaired) electrons. The van der Waals surface area contributed by atoms with Crippen LogP contribution in [0.3, 0.4) is 0 Å². The number of benzene rings is 2. The largest absolute Gasteiger partial charge is 0.448 e. The van der Waals surface area contributed by atoms with Crippen LogP contribution >= 0.6 is 21.6 Å². The maximum Gasteiger partial charge on any atom is 0.411 e. The van der Waals surface area contributed by atoms with E-state index in [-0.39, 0.29) is 24.3 Å². The van der Waals surface area contributed by atoms with E-state index < -0.39 is 6.09 Å². The van der Waals surface area contributed by atoms with Gasteiger partial charge in [0.2, 0.25) is 12.3 Å². The highest BCUT2D eigenvalue weighted by molar-refractivity contribution is 8.76. The van der Waals surface area contributed by atoms with Crippen molar-refractivity contribution in [1.29, 1.82) is 5.26 Å². The molecule has 222 valence electrons. The summed E-state index contributed by atoms with van der Waals surface area (Å²) in [6.07, 6.45) is 2.49. The molecule has 3 N–H and O–H groups in total. The molecular formula is C30H36N6O4S2. The smallest absolute Gasteiger partial charge is 0.411 e. The van der Waals surface area contributed by atoms with Gasteiger partial charge in [0.15, 0.2) is 0 Å². The number of amides is 3. The highest BCUT2D eigenvalue weighted by Crippen LogP contribution is 2.34. The first-order valence-electron chi connectivity index (χ1n) is 13.7. The van der Waals surface area contributed by atoms with Gasteiger partial charge in [-0.2, -0.15) is 5.26 Å².